The Kier molecular flexibility index (Phi) is 4.66. The first-order valence-electron chi connectivity index (χ1n) is 6.62. The van der Waals surface area contributed by atoms with Gasteiger partial charge in [-0.3, -0.25) is 14.6 Å². The molecular weight excluding hydrogens is 266 g/mol. The van der Waals surface area contributed by atoms with Gasteiger partial charge in [0, 0.05) is 24.6 Å². The van der Waals surface area contributed by atoms with Crippen molar-refractivity contribution in [3.63, 3.8) is 0 Å². The maximum atomic E-state index is 11.9. The van der Waals surface area contributed by atoms with Crippen LogP contribution in [0.1, 0.15) is 16.7 Å². The number of pyridine rings is 1. The van der Waals surface area contributed by atoms with Gasteiger partial charge < -0.3 is 10.6 Å². The van der Waals surface area contributed by atoms with Crippen LogP contribution in [0.5, 0.6) is 0 Å². The van der Waals surface area contributed by atoms with Crippen molar-refractivity contribution in [3.8, 4) is 0 Å². The first-order chi connectivity index (χ1) is 10.1. The zero-order valence-electron chi connectivity index (χ0n) is 12.0. The van der Waals surface area contributed by atoms with Gasteiger partial charge in [-0.05, 0) is 48.7 Å². The Bertz CT molecular complexity index is 654. The summed E-state index contributed by atoms with van der Waals surface area (Å²) in [4.78, 5) is 27.5. The monoisotopic (exact) mass is 283 g/mol. The molecule has 5 nitrogen and oxygen atoms in total. The molecule has 0 fully saturated rings. The third-order valence-corrected chi connectivity index (χ3v) is 3.26. The van der Waals surface area contributed by atoms with Crippen molar-refractivity contribution in [1.29, 1.82) is 0 Å². The van der Waals surface area contributed by atoms with Gasteiger partial charge in [-0.25, -0.2) is 0 Å². The van der Waals surface area contributed by atoms with Crippen LogP contribution < -0.4 is 10.6 Å². The SMILES string of the molecule is Cc1cccc(NC(=O)C(=O)NCc2ccncc2)c1C. The summed E-state index contributed by atoms with van der Waals surface area (Å²) in [6, 6.07) is 9.13. The number of anilines is 1. The zero-order chi connectivity index (χ0) is 15.2. The smallest absolute Gasteiger partial charge is 0.313 e. The van der Waals surface area contributed by atoms with E-state index in [0.29, 0.717) is 12.2 Å². The van der Waals surface area contributed by atoms with Crippen molar-refractivity contribution in [2.24, 2.45) is 0 Å². The molecule has 0 aliphatic rings. The Hall–Kier alpha value is -2.69. The zero-order valence-corrected chi connectivity index (χ0v) is 12.0. The number of nitrogens with one attached hydrogen (secondary N) is 2. The molecular formula is C16H17N3O2. The Morgan fingerprint density at radius 2 is 1.76 bits per heavy atom. The van der Waals surface area contributed by atoms with Crippen molar-refractivity contribution in [2.45, 2.75) is 20.4 Å². The normalized spacial score (nSPS) is 10.0. The van der Waals surface area contributed by atoms with Crippen LogP contribution in [-0.2, 0) is 16.1 Å². The average Bonchev–Trinajstić information content (AvgIpc) is 2.50. The van der Waals surface area contributed by atoms with Crippen molar-refractivity contribution in [2.75, 3.05) is 5.32 Å². The molecule has 0 bridgehead atoms. The minimum absolute atomic E-state index is 0.293. The molecule has 0 unspecified atom stereocenters. The fourth-order valence-electron chi connectivity index (χ4n) is 1.83. The lowest BCUT2D eigenvalue weighted by Gasteiger charge is -2.10. The lowest BCUT2D eigenvalue weighted by molar-refractivity contribution is -0.136. The molecule has 0 saturated heterocycles. The van der Waals surface area contributed by atoms with Gasteiger partial charge in [0.1, 0.15) is 0 Å². The summed E-state index contributed by atoms with van der Waals surface area (Å²) in [5.74, 6) is -1.33. The molecule has 21 heavy (non-hydrogen) atoms. The van der Waals surface area contributed by atoms with Crippen molar-refractivity contribution in [1.82, 2.24) is 10.3 Å². The second-order valence-corrected chi connectivity index (χ2v) is 4.74. The Labute approximate surface area is 123 Å². The summed E-state index contributed by atoms with van der Waals surface area (Å²) in [6.45, 7) is 4.15. The van der Waals surface area contributed by atoms with E-state index >= 15 is 0 Å². The number of nitrogens with zero attached hydrogens (tertiary/aromatic N) is 1. The third kappa shape index (κ3) is 3.89. The quantitative estimate of drug-likeness (QED) is 0.846. The van der Waals surface area contributed by atoms with Crippen molar-refractivity contribution >= 4 is 17.5 Å². The van der Waals surface area contributed by atoms with Crippen LogP contribution in [0, 0.1) is 13.8 Å². The van der Waals surface area contributed by atoms with Gasteiger partial charge in [-0.15, -0.1) is 0 Å². The predicted molar refractivity (Wildman–Crippen MR) is 80.6 cm³/mol. The molecule has 0 aliphatic carbocycles. The van der Waals surface area contributed by atoms with E-state index in [4.69, 9.17) is 0 Å². The second-order valence-electron chi connectivity index (χ2n) is 4.74. The lowest BCUT2D eigenvalue weighted by atomic mass is 10.1. The molecule has 0 atom stereocenters. The fourth-order valence-corrected chi connectivity index (χ4v) is 1.83. The molecule has 2 amide bonds. The maximum Gasteiger partial charge on any atom is 0.313 e. The van der Waals surface area contributed by atoms with E-state index in [9.17, 15) is 9.59 Å². The minimum atomic E-state index is -0.669. The maximum absolute atomic E-state index is 11.9. The van der Waals surface area contributed by atoms with Gasteiger partial charge in [0.05, 0.1) is 0 Å². The summed E-state index contributed by atoms with van der Waals surface area (Å²) in [5.41, 5.74) is 3.55. The lowest BCUT2D eigenvalue weighted by Crippen LogP contribution is -2.35. The van der Waals surface area contributed by atoms with Crippen LogP contribution >= 0.6 is 0 Å². The Balaban J connectivity index is 1.94. The number of amides is 2. The van der Waals surface area contributed by atoms with E-state index in [0.717, 1.165) is 16.7 Å². The van der Waals surface area contributed by atoms with E-state index < -0.39 is 11.8 Å². The number of hydrogen-bond donors (Lipinski definition) is 2. The molecule has 1 heterocycles. The first kappa shape index (κ1) is 14.7. The number of aromatic nitrogens is 1. The number of benzene rings is 1. The Morgan fingerprint density at radius 1 is 1.05 bits per heavy atom. The Morgan fingerprint density at radius 3 is 2.48 bits per heavy atom. The number of hydrogen-bond acceptors (Lipinski definition) is 3. The highest BCUT2D eigenvalue weighted by atomic mass is 16.2. The van der Waals surface area contributed by atoms with Crippen molar-refractivity contribution in [3.05, 3.63) is 59.4 Å². The van der Waals surface area contributed by atoms with Crippen LogP contribution in [0.2, 0.25) is 0 Å². The summed E-state index contributed by atoms with van der Waals surface area (Å²) in [7, 11) is 0. The van der Waals surface area contributed by atoms with Gasteiger partial charge in [-0.2, -0.15) is 0 Å². The largest absolute Gasteiger partial charge is 0.344 e. The molecule has 2 aromatic rings. The average molecular weight is 283 g/mol. The highest BCUT2D eigenvalue weighted by Crippen LogP contribution is 2.17. The summed E-state index contributed by atoms with van der Waals surface area (Å²) in [6.07, 6.45) is 3.27. The highest BCUT2D eigenvalue weighted by Gasteiger charge is 2.14. The summed E-state index contributed by atoms with van der Waals surface area (Å²) < 4.78 is 0. The van der Waals surface area contributed by atoms with Crippen LogP contribution in [-0.4, -0.2) is 16.8 Å². The summed E-state index contributed by atoms with van der Waals surface area (Å²) >= 11 is 0. The molecule has 2 N–H and O–H groups in total. The van der Waals surface area contributed by atoms with E-state index in [1.165, 1.54) is 0 Å². The van der Waals surface area contributed by atoms with Gasteiger partial charge >= 0.3 is 11.8 Å². The summed E-state index contributed by atoms with van der Waals surface area (Å²) in [5, 5.41) is 5.20. The number of rotatable bonds is 3. The number of carbonyl (C=O) groups excluding carboxylic acids is 2. The predicted octanol–water partition coefficient (Wildman–Crippen LogP) is 1.95. The van der Waals surface area contributed by atoms with Gasteiger partial charge in [-0.1, -0.05) is 12.1 Å². The molecule has 0 radical (unpaired) electrons. The molecule has 0 spiro atoms. The molecule has 108 valence electrons. The molecule has 2 rings (SSSR count). The van der Waals surface area contributed by atoms with Crippen LogP contribution in [0.3, 0.4) is 0 Å². The molecule has 0 saturated carbocycles. The van der Waals surface area contributed by atoms with Gasteiger partial charge in [0.25, 0.3) is 0 Å². The number of carbonyl (C=O) groups is 2. The van der Waals surface area contributed by atoms with Crippen molar-refractivity contribution < 1.29 is 9.59 Å². The van der Waals surface area contributed by atoms with Gasteiger partial charge in [0.15, 0.2) is 0 Å². The molecule has 1 aromatic heterocycles. The van der Waals surface area contributed by atoms with Crippen LogP contribution in [0.25, 0.3) is 0 Å². The molecule has 0 aliphatic heterocycles. The van der Waals surface area contributed by atoms with Crippen LogP contribution in [0.15, 0.2) is 42.7 Å². The fraction of sp³-hybridized carbons (Fsp3) is 0.188. The van der Waals surface area contributed by atoms with E-state index in [1.54, 1.807) is 30.6 Å². The third-order valence-electron chi connectivity index (χ3n) is 3.26. The van der Waals surface area contributed by atoms with E-state index in [2.05, 4.69) is 15.6 Å². The van der Waals surface area contributed by atoms with E-state index in [-0.39, 0.29) is 0 Å². The number of aryl methyl sites for hydroxylation is 1. The van der Waals surface area contributed by atoms with Crippen LogP contribution in [0.4, 0.5) is 5.69 Å². The molecule has 5 heteroatoms. The van der Waals surface area contributed by atoms with Gasteiger partial charge in [0.2, 0.25) is 0 Å². The highest BCUT2D eigenvalue weighted by molar-refractivity contribution is 6.39. The standard InChI is InChI=1S/C16H17N3O2/c1-11-4-3-5-14(12(11)2)19-16(21)15(20)18-10-13-6-8-17-9-7-13/h3-9H,10H2,1-2H3,(H,18,20)(H,19,21). The second kappa shape index (κ2) is 6.65. The van der Waals surface area contributed by atoms with E-state index in [1.807, 2.05) is 26.0 Å². The molecule has 1 aromatic carbocycles. The first-order valence-corrected chi connectivity index (χ1v) is 6.62. The topological polar surface area (TPSA) is 71.1 Å². The minimum Gasteiger partial charge on any atom is -0.344 e.